The van der Waals surface area contributed by atoms with Gasteiger partial charge in [0, 0.05) is 11.5 Å². The van der Waals surface area contributed by atoms with E-state index in [1.807, 2.05) is 0 Å². The van der Waals surface area contributed by atoms with Crippen molar-refractivity contribution in [2.75, 3.05) is 6.61 Å². The summed E-state index contributed by atoms with van der Waals surface area (Å²) in [4.78, 5) is 0. The summed E-state index contributed by atoms with van der Waals surface area (Å²) < 4.78 is 92.0. The van der Waals surface area contributed by atoms with Crippen molar-refractivity contribution < 1.29 is 35.8 Å². The van der Waals surface area contributed by atoms with E-state index in [-0.39, 0.29) is 29.2 Å². The quantitative estimate of drug-likeness (QED) is 0.299. The summed E-state index contributed by atoms with van der Waals surface area (Å²) >= 11 is 0. The van der Waals surface area contributed by atoms with Gasteiger partial charge in [-0.15, -0.1) is 0 Å². The topological polar surface area (TPSA) is 18.5 Å². The van der Waals surface area contributed by atoms with Gasteiger partial charge in [-0.1, -0.05) is 12.7 Å². The molecular formula is C22H14F6O2. The van der Waals surface area contributed by atoms with E-state index in [9.17, 15) is 26.3 Å². The van der Waals surface area contributed by atoms with Gasteiger partial charge in [-0.25, -0.2) is 8.78 Å². The van der Waals surface area contributed by atoms with Crippen LogP contribution in [-0.4, -0.2) is 6.61 Å². The summed E-state index contributed by atoms with van der Waals surface area (Å²) in [7, 11) is 0. The van der Waals surface area contributed by atoms with Crippen molar-refractivity contribution in [3.8, 4) is 11.5 Å². The lowest BCUT2D eigenvalue weighted by Gasteiger charge is -2.19. The zero-order valence-corrected chi connectivity index (χ0v) is 15.3. The molecule has 0 spiro atoms. The molecule has 0 bridgehead atoms. The average Bonchev–Trinajstić information content (AvgIpc) is 2.69. The fourth-order valence-electron chi connectivity index (χ4n) is 2.74. The summed E-state index contributed by atoms with van der Waals surface area (Å²) in [5.74, 6) is -2.49. The highest BCUT2D eigenvalue weighted by atomic mass is 19.3. The summed E-state index contributed by atoms with van der Waals surface area (Å²) in [5, 5.41) is -0.342. The maximum Gasteiger partial charge on any atom is 0.426 e. The molecule has 0 aliphatic carbocycles. The predicted octanol–water partition coefficient (Wildman–Crippen LogP) is 7.05. The van der Waals surface area contributed by atoms with Gasteiger partial charge in [0.25, 0.3) is 6.08 Å². The molecule has 0 heterocycles. The van der Waals surface area contributed by atoms with Crippen LogP contribution in [0.25, 0.3) is 16.8 Å². The van der Waals surface area contributed by atoms with E-state index in [0.717, 1.165) is 36.4 Å². The van der Waals surface area contributed by atoms with Crippen LogP contribution in [0.15, 0.2) is 67.3 Å². The number of hydrogen-bond acceptors (Lipinski definition) is 2. The Bertz CT molecular complexity index is 1100. The van der Waals surface area contributed by atoms with Gasteiger partial charge < -0.3 is 9.47 Å². The van der Waals surface area contributed by atoms with Gasteiger partial charge in [-0.2, -0.15) is 17.6 Å². The fourth-order valence-corrected chi connectivity index (χ4v) is 2.74. The number of halogens is 6. The second kappa shape index (κ2) is 8.52. The van der Waals surface area contributed by atoms with Crippen molar-refractivity contribution in [2.45, 2.75) is 6.11 Å². The molecule has 0 radical (unpaired) electrons. The number of rotatable bonds is 7. The van der Waals surface area contributed by atoms with Crippen molar-refractivity contribution in [2.24, 2.45) is 0 Å². The van der Waals surface area contributed by atoms with Crippen LogP contribution in [0.2, 0.25) is 0 Å². The molecule has 30 heavy (non-hydrogen) atoms. The molecule has 2 nitrogen and oxygen atoms in total. The monoisotopic (exact) mass is 424 g/mol. The number of hydrogen-bond donors (Lipinski definition) is 0. The predicted molar refractivity (Wildman–Crippen MR) is 101 cm³/mol. The Morgan fingerprint density at radius 2 is 1.63 bits per heavy atom. The third-order valence-corrected chi connectivity index (χ3v) is 4.09. The lowest BCUT2D eigenvalue weighted by Crippen LogP contribution is -2.21. The number of benzene rings is 3. The van der Waals surface area contributed by atoms with Crippen LogP contribution in [0.5, 0.6) is 11.5 Å². The van der Waals surface area contributed by atoms with Crippen molar-refractivity contribution in [1.29, 1.82) is 0 Å². The molecule has 0 N–H and O–H groups in total. The molecule has 0 atom stereocenters. The van der Waals surface area contributed by atoms with Crippen molar-refractivity contribution in [3.05, 3.63) is 90.0 Å². The van der Waals surface area contributed by atoms with Crippen LogP contribution in [0.1, 0.15) is 11.1 Å². The summed E-state index contributed by atoms with van der Waals surface area (Å²) in [6.45, 7) is 3.70. The second-order valence-corrected chi connectivity index (χ2v) is 6.15. The minimum absolute atomic E-state index is 0.0606. The molecule has 8 heteroatoms. The maximum absolute atomic E-state index is 14.5. The molecule has 3 rings (SSSR count). The molecule has 0 amide bonds. The third-order valence-electron chi connectivity index (χ3n) is 4.09. The van der Waals surface area contributed by atoms with E-state index in [0.29, 0.717) is 5.75 Å². The van der Waals surface area contributed by atoms with Gasteiger partial charge in [0.1, 0.15) is 29.7 Å². The van der Waals surface area contributed by atoms with Crippen molar-refractivity contribution >= 4 is 16.8 Å². The molecular weight excluding hydrogens is 410 g/mol. The lowest BCUT2D eigenvalue weighted by atomic mass is 10.0. The van der Waals surface area contributed by atoms with Gasteiger partial charge in [0.15, 0.2) is 0 Å². The molecule has 0 aromatic heterocycles. The van der Waals surface area contributed by atoms with Crippen molar-refractivity contribution in [3.63, 3.8) is 0 Å². The van der Waals surface area contributed by atoms with Gasteiger partial charge in [-0.05, 0) is 53.9 Å². The average molecular weight is 424 g/mol. The molecule has 0 aliphatic heterocycles. The highest BCUT2D eigenvalue weighted by Gasteiger charge is 2.34. The molecule has 3 aromatic carbocycles. The minimum Gasteiger partial charge on any atom is -0.490 e. The number of fused-ring (bicyclic) bond motifs is 1. The Morgan fingerprint density at radius 3 is 2.27 bits per heavy atom. The van der Waals surface area contributed by atoms with Gasteiger partial charge in [0.2, 0.25) is 0 Å². The normalized spacial score (nSPS) is 11.3. The molecule has 0 saturated heterocycles. The fraction of sp³-hybridized carbons (Fsp3) is 0.0909. The van der Waals surface area contributed by atoms with Crippen LogP contribution in [0.4, 0.5) is 26.3 Å². The Balaban J connectivity index is 1.89. The van der Waals surface area contributed by atoms with Crippen LogP contribution in [0.3, 0.4) is 0 Å². The van der Waals surface area contributed by atoms with E-state index in [2.05, 4.69) is 6.58 Å². The largest absolute Gasteiger partial charge is 0.490 e. The molecule has 0 saturated carbocycles. The highest BCUT2D eigenvalue weighted by molar-refractivity contribution is 5.87. The zero-order valence-electron chi connectivity index (χ0n) is 15.3. The third kappa shape index (κ3) is 4.59. The standard InChI is InChI=1S/C22H14F6O2/c1-2-9-29-15-5-3-14(4-6-15)22(27,28)30-16-7-8-17-13(10-16)11-19(23)18(21(17)26)12-20(24)25/h2-8,10-12H,1,9H2. The molecule has 3 aromatic rings. The number of alkyl halides is 2. The smallest absolute Gasteiger partial charge is 0.426 e. The van der Waals surface area contributed by atoms with Gasteiger partial charge >= 0.3 is 6.11 Å². The van der Waals surface area contributed by atoms with E-state index in [1.54, 1.807) is 0 Å². The molecule has 156 valence electrons. The molecule has 0 fully saturated rings. The highest BCUT2D eigenvalue weighted by Crippen LogP contribution is 2.35. The summed E-state index contributed by atoms with van der Waals surface area (Å²) in [6, 6.07) is 8.75. The first-order chi connectivity index (χ1) is 14.2. The van der Waals surface area contributed by atoms with Gasteiger partial charge in [-0.3, -0.25) is 0 Å². The summed E-state index contributed by atoms with van der Waals surface area (Å²) in [5.41, 5.74) is -1.38. The van der Waals surface area contributed by atoms with Crippen LogP contribution < -0.4 is 9.47 Å². The number of ether oxygens (including phenoxy) is 2. The van der Waals surface area contributed by atoms with E-state index >= 15 is 0 Å². The van der Waals surface area contributed by atoms with E-state index < -0.39 is 35.0 Å². The maximum atomic E-state index is 14.5. The van der Waals surface area contributed by atoms with Crippen LogP contribution >= 0.6 is 0 Å². The Kier molecular flexibility index (Phi) is 6.05. The SMILES string of the molecule is C=CCOc1ccc(C(F)(F)Oc2ccc3c(F)c(C=C(F)F)c(F)cc3c2)cc1. The van der Waals surface area contributed by atoms with Crippen molar-refractivity contribution in [1.82, 2.24) is 0 Å². The first-order valence-corrected chi connectivity index (χ1v) is 8.57. The van der Waals surface area contributed by atoms with E-state index in [1.165, 1.54) is 18.2 Å². The van der Waals surface area contributed by atoms with Crippen LogP contribution in [-0.2, 0) is 6.11 Å². The lowest BCUT2D eigenvalue weighted by molar-refractivity contribution is -0.185. The first-order valence-electron chi connectivity index (χ1n) is 8.57. The molecule has 0 unspecified atom stereocenters. The van der Waals surface area contributed by atoms with Gasteiger partial charge in [0.05, 0.1) is 11.1 Å². The Morgan fingerprint density at radius 1 is 0.967 bits per heavy atom. The zero-order chi connectivity index (χ0) is 21.9. The first kappa shape index (κ1) is 21.3. The molecule has 0 aliphatic rings. The van der Waals surface area contributed by atoms with E-state index in [4.69, 9.17) is 9.47 Å². The Labute approximate surface area is 167 Å². The van der Waals surface area contributed by atoms with Crippen LogP contribution in [0, 0.1) is 11.6 Å². The Hall–Kier alpha value is -3.42. The minimum atomic E-state index is -3.75. The summed E-state index contributed by atoms with van der Waals surface area (Å²) in [6.07, 6.45) is -4.45. The second-order valence-electron chi connectivity index (χ2n) is 6.15.